The Bertz CT molecular complexity index is 772. The van der Waals surface area contributed by atoms with Gasteiger partial charge in [-0.1, -0.05) is 18.5 Å². The molecule has 3 aromatic rings. The Kier molecular flexibility index (Phi) is 2.89. The number of hydrogen-bond acceptors (Lipinski definition) is 5. The molecule has 0 bridgehead atoms. The topological polar surface area (TPSA) is 59.4 Å². The summed E-state index contributed by atoms with van der Waals surface area (Å²) in [7, 11) is 0. The van der Waals surface area contributed by atoms with E-state index < -0.39 is 0 Å². The van der Waals surface area contributed by atoms with Crippen LogP contribution in [0.4, 0.5) is 0 Å². The second-order valence-electron chi connectivity index (χ2n) is 3.66. The predicted octanol–water partition coefficient (Wildman–Crippen LogP) is 3.15. The van der Waals surface area contributed by atoms with Gasteiger partial charge in [0.25, 0.3) is 0 Å². The monoisotopic (exact) mass is 297 g/mol. The van der Waals surface area contributed by atoms with Crippen molar-refractivity contribution in [1.82, 2.24) is 23.5 Å². The molecule has 0 aliphatic rings. The molecule has 1 aromatic carbocycles. The Labute approximate surface area is 117 Å². The van der Waals surface area contributed by atoms with Gasteiger partial charge >= 0.3 is 0 Å². The lowest BCUT2D eigenvalue weighted by Gasteiger charge is -2.07. The van der Waals surface area contributed by atoms with Gasteiger partial charge in [0.05, 0.1) is 22.4 Å². The number of benzene rings is 1. The van der Waals surface area contributed by atoms with Gasteiger partial charge in [-0.3, -0.25) is 9.67 Å². The zero-order valence-corrected chi connectivity index (χ0v) is 11.7. The van der Waals surface area contributed by atoms with Crippen LogP contribution in [0.15, 0.2) is 12.1 Å². The minimum absolute atomic E-state index is 0.509. The second-order valence-corrected chi connectivity index (χ2v) is 4.98. The van der Waals surface area contributed by atoms with E-state index in [4.69, 9.17) is 23.8 Å². The fraction of sp³-hybridized carbons (Fsp3) is 0.200. The largest absolute Gasteiger partial charge is 0.268 e. The first kappa shape index (κ1) is 11.8. The normalized spacial score (nSPS) is 11.2. The van der Waals surface area contributed by atoms with Crippen LogP contribution in [0.2, 0.25) is 5.02 Å². The minimum atomic E-state index is 0.509. The van der Waals surface area contributed by atoms with Gasteiger partial charge in [-0.2, -0.15) is 13.8 Å². The van der Waals surface area contributed by atoms with E-state index in [2.05, 4.69) is 18.9 Å². The van der Waals surface area contributed by atoms with E-state index in [1.165, 1.54) is 0 Å². The van der Waals surface area contributed by atoms with Crippen molar-refractivity contribution in [2.75, 3.05) is 0 Å². The average molecular weight is 298 g/mol. The van der Waals surface area contributed by atoms with Crippen molar-refractivity contribution >= 4 is 46.6 Å². The van der Waals surface area contributed by atoms with Gasteiger partial charge in [-0.05, 0) is 24.4 Å². The van der Waals surface area contributed by atoms with Gasteiger partial charge < -0.3 is 0 Å². The zero-order chi connectivity index (χ0) is 12.7. The Hall–Kier alpha value is -1.31. The van der Waals surface area contributed by atoms with Crippen molar-refractivity contribution < 1.29 is 0 Å². The van der Waals surface area contributed by atoms with Gasteiger partial charge in [-0.15, -0.1) is 0 Å². The Morgan fingerprint density at radius 2 is 2.28 bits per heavy atom. The van der Waals surface area contributed by atoms with E-state index in [-0.39, 0.29) is 0 Å². The summed E-state index contributed by atoms with van der Waals surface area (Å²) in [6.45, 7) is 2.01. The van der Waals surface area contributed by atoms with Crippen molar-refractivity contribution in [3.63, 3.8) is 0 Å². The molecule has 0 fully saturated rings. The lowest BCUT2D eigenvalue weighted by atomic mass is 10.2. The van der Waals surface area contributed by atoms with Crippen molar-refractivity contribution in [2.24, 2.45) is 0 Å². The Balaban J connectivity index is 2.44. The van der Waals surface area contributed by atoms with Gasteiger partial charge in [0.15, 0.2) is 4.77 Å². The van der Waals surface area contributed by atoms with Crippen molar-refractivity contribution in [1.29, 1.82) is 0 Å². The minimum Gasteiger partial charge on any atom is -0.268 e. The highest BCUT2D eigenvalue weighted by Gasteiger charge is 2.16. The number of fused-ring (bicyclic) bond motifs is 1. The molecule has 3 rings (SSSR count). The molecule has 18 heavy (non-hydrogen) atoms. The molecule has 0 aliphatic carbocycles. The number of rotatable bonds is 2. The third kappa shape index (κ3) is 1.66. The quantitative estimate of drug-likeness (QED) is 0.738. The molecule has 8 heteroatoms. The molecule has 5 nitrogen and oxygen atoms in total. The summed E-state index contributed by atoms with van der Waals surface area (Å²) in [5.41, 5.74) is 2.31. The van der Waals surface area contributed by atoms with Gasteiger partial charge in [0.1, 0.15) is 16.9 Å². The summed E-state index contributed by atoms with van der Waals surface area (Å²) in [6.07, 6.45) is 0.747. The molecular formula is C10H8ClN5S2. The van der Waals surface area contributed by atoms with E-state index >= 15 is 0 Å². The third-order valence-electron chi connectivity index (χ3n) is 2.63. The van der Waals surface area contributed by atoms with Crippen LogP contribution in [0.5, 0.6) is 0 Å². The van der Waals surface area contributed by atoms with Crippen LogP contribution in [-0.2, 0) is 6.42 Å². The highest BCUT2D eigenvalue weighted by Crippen LogP contribution is 2.29. The van der Waals surface area contributed by atoms with Crippen LogP contribution >= 0.6 is 35.5 Å². The van der Waals surface area contributed by atoms with Crippen LogP contribution in [0, 0.1) is 4.77 Å². The summed E-state index contributed by atoms with van der Waals surface area (Å²) in [4.78, 5) is 0. The molecule has 2 heterocycles. The Morgan fingerprint density at radius 3 is 3.06 bits per heavy atom. The van der Waals surface area contributed by atoms with Crippen LogP contribution < -0.4 is 0 Å². The third-order valence-corrected chi connectivity index (χ3v) is 3.76. The summed E-state index contributed by atoms with van der Waals surface area (Å²) in [5.74, 6) is 0.822. The molecule has 0 atom stereocenters. The first-order valence-electron chi connectivity index (χ1n) is 5.29. The number of H-pyrrole nitrogens is 1. The number of nitrogens with zero attached hydrogens (tertiary/aromatic N) is 4. The van der Waals surface area contributed by atoms with Crippen molar-refractivity contribution in [3.8, 4) is 5.69 Å². The molecule has 2 aromatic heterocycles. The van der Waals surface area contributed by atoms with E-state index in [9.17, 15) is 0 Å². The summed E-state index contributed by atoms with van der Waals surface area (Å²) in [5, 5.41) is 7.55. The number of aryl methyl sites for hydroxylation is 1. The smallest absolute Gasteiger partial charge is 0.199 e. The maximum absolute atomic E-state index is 6.28. The van der Waals surface area contributed by atoms with E-state index in [0.29, 0.717) is 9.79 Å². The summed E-state index contributed by atoms with van der Waals surface area (Å²) in [6, 6.07) is 3.65. The lowest BCUT2D eigenvalue weighted by Crippen LogP contribution is -2.02. The molecule has 0 saturated heterocycles. The van der Waals surface area contributed by atoms with Gasteiger partial charge in [-0.25, -0.2) is 0 Å². The van der Waals surface area contributed by atoms with Crippen LogP contribution in [0.3, 0.4) is 0 Å². The molecule has 0 radical (unpaired) electrons. The average Bonchev–Trinajstić information content (AvgIpc) is 2.96. The second kappa shape index (κ2) is 4.42. The standard InChI is InChI=1S/C10H8ClN5S2/c1-2-7-12-13-10(17)16(7)9-5(11)3-4-6-8(9)15-18-14-6/h3-4H,2H2,1H3,(H,13,17). The molecule has 0 saturated carbocycles. The van der Waals surface area contributed by atoms with E-state index in [1.807, 2.05) is 17.6 Å². The number of nitrogens with one attached hydrogen (secondary N) is 1. The highest BCUT2D eigenvalue weighted by molar-refractivity contribution is 7.71. The molecule has 0 unspecified atom stereocenters. The van der Waals surface area contributed by atoms with Crippen LogP contribution in [0.25, 0.3) is 16.7 Å². The van der Waals surface area contributed by atoms with E-state index in [0.717, 1.165) is 40.7 Å². The lowest BCUT2D eigenvalue weighted by molar-refractivity contribution is 0.883. The molecular weight excluding hydrogens is 290 g/mol. The first-order valence-corrected chi connectivity index (χ1v) is 6.81. The molecule has 0 aliphatic heterocycles. The summed E-state index contributed by atoms with van der Waals surface area (Å²) < 4.78 is 10.8. The first-order chi connectivity index (χ1) is 8.72. The molecule has 0 amide bonds. The predicted molar refractivity (Wildman–Crippen MR) is 74.1 cm³/mol. The number of aromatic amines is 1. The van der Waals surface area contributed by atoms with Gasteiger partial charge in [0.2, 0.25) is 0 Å². The molecule has 92 valence electrons. The van der Waals surface area contributed by atoms with Crippen LogP contribution in [0.1, 0.15) is 12.7 Å². The van der Waals surface area contributed by atoms with Crippen LogP contribution in [-0.4, -0.2) is 23.5 Å². The number of halogens is 1. The highest BCUT2D eigenvalue weighted by atomic mass is 35.5. The number of hydrogen-bond donors (Lipinski definition) is 1. The fourth-order valence-electron chi connectivity index (χ4n) is 1.82. The molecule has 1 N–H and O–H groups in total. The van der Waals surface area contributed by atoms with Crippen molar-refractivity contribution in [2.45, 2.75) is 13.3 Å². The number of aromatic nitrogens is 5. The molecule has 0 spiro atoms. The Morgan fingerprint density at radius 1 is 1.44 bits per heavy atom. The fourth-order valence-corrected chi connectivity index (χ4v) is 2.84. The SMILES string of the molecule is CCc1n[nH]c(=S)n1-c1c(Cl)ccc2nsnc12. The maximum Gasteiger partial charge on any atom is 0.199 e. The maximum atomic E-state index is 6.28. The zero-order valence-electron chi connectivity index (χ0n) is 9.35. The van der Waals surface area contributed by atoms with Crippen molar-refractivity contribution in [3.05, 3.63) is 27.8 Å². The summed E-state index contributed by atoms with van der Waals surface area (Å²) >= 11 is 12.7. The van der Waals surface area contributed by atoms with E-state index in [1.54, 1.807) is 6.07 Å². The van der Waals surface area contributed by atoms with Gasteiger partial charge in [0, 0.05) is 6.42 Å².